The van der Waals surface area contributed by atoms with Crippen molar-refractivity contribution in [2.75, 3.05) is 26.8 Å². The highest BCUT2D eigenvalue weighted by molar-refractivity contribution is 5.80. The van der Waals surface area contributed by atoms with Gasteiger partial charge in [0.1, 0.15) is 0 Å². The van der Waals surface area contributed by atoms with E-state index in [0.29, 0.717) is 5.41 Å². The summed E-state index contributed by atoms with van der Waals surface area (Å²) in [7, 11) is 1.83. The number of guanidine groups is 1. The molecule has 1 aliphatic rings. The average Bonchev–Trinajstić information content (AvgIpc) is 3.32. The minimum Gasteiger partial charge on any atom is -0.382 e. The first-order chi connectivity index (χ1) is 11.1. The maximum absolute atomic E-state index is 5.50. The minimum atomic E-state index is 0.237. The molecular weight excluding hydrogens is 286 g/mol. The van der Waals surface area contributed by atoms with Crippen LogP contribution in [0.1, 0.15) is 50.3 Å². The SMILES string of the molecule is CCOCCC1(CNC(=NC)NC(C)c2ccccc2C)CC1. The molecule has 0 spiro atoms. The van der Waals surface area contributed by atoms with Gasteiger partial charge in [0.15, 0.2) is 5.96 Å². The van der Waals surface area contributed by atoms with Gasteiger partial charge in [-0.3, -0.25) is 4.99 Å². The van der Waals surface area contributed by atoms with Crippen LogP contribution in [-0.2, 0) is 4.74 Å². The molecule has 0 aromatic heterocycles. The molecule has 4 heteroatoms. The lowest BCUT2D eigenvalue weighted by Crippen LogP contribution is -2.41. The molecule has 2 rings (SSSR count). The van der Waals surface area contributed by atoms with E-state index in [-0.39, 0.29) is 6.04 Å². The molecule has 1 saturated carbocycles. The number of aryl methyl sites for hydroxylation is 1. The summed E-state index contributed by atoms with van der Waals surface area (Å²) >= 11 is 0. The van der Waals surface area contributed by atoms with Crippen LogP contribution in [0.3, 0.4) is 0 Å². The lowest BCUT2D eigenvalue weighted by atomic mass is 10.0. The summed E-state index contributed by atoms with van der Waals surface area (Å²) < 4.78 is 5.50. The fourth-order valence-electron chi connectivity index (χ4n) is 2.95. The molecule has 0 radical (unpaired) electrons. The Morgan fingerprint density at radius 1 is 1.35 bits per heavy atom. The number of rotatable bonds is 8. The molecule has 128 valence electrons. The lowest BCUT2D eigenvalue weighted by Gasteiger charge is -2.22. The van der Waals surface area contributed by atoms with Crippen molar-refractivity contribution in [3.63, 3.8) is 0 Å². The molecule has 4 nitrogen and oxygen atoms in total. The Morgan fingerprint density at radius 2 is 2.09 bits per heavy atom. The van der Waals surface area contributed by atoms with Gasteiger partial charge in [-0.1, -0.05) is 24.3 Å². The van der Waals surface area contributed by atoms with Crippen molar-refractivity contribution < 1.29 is 4.74 Å². The maximum Gasteiger partial charge on any atom is 0.191 e. The molecule has 0 aliphatic heterocycles. The van der Waals surface area contributed by atoms with Gasteiger partial charge in [-0.25, -0.2) is 0 Å². The van der Waals surface area contributed by atoms with Gasteiger partial charge in [0, 0.05) is 26.8 Å². The Balaban J connectivity index is 1.83. The van der Waals surface area contributed by atoms with E-state index in [4.69, 9.17) is 4.74 Å². The predicted molar refractivity (Wildman–Crippen MR) is 96.9 cm³/mol. The zero-order chi connectivity index (χ0) is 16.7. The van der Waals surface area contributed by atoms with E-state index in [1.165, 1.54) is 24.0 Å². The van der Waals surface area contributed by atoms with E-state index in [0.717, 1.165) is 32.1 Å². The van der Waals surface area contributed by atoms with Gasteiger partial charge in [-0.15, -0.1) is 0 Å². The third-order valence-electron chi connectivity index (χ3n) is 4.80. The summed E-state index contributed by atoms with van der Waals surface area (Å²) in [6.45, 7) is 9.02. The van der Waals surface area contributed by atoms with E-state index < -0.39 is 0 Å². The van der Waals surface area contributed by atoms with Crippen LogP contribution < -0.4 is 10.6 Å². The predicted octanol–water partition coefficient (Wildman–Crippen LogP) is 3.43. The summed E-state index contributed by atoms with van der Waals surface area (Å²) in [5.74, 6) is 0.878. The Hall–Kier alpha value is -1.55. The highest BCUT2D eigenvalue weighted by Gasteiger charge is 2.41. The molecular formula is C19H31N3O. The Morgan fingerprint density at radius 3 is 2.70 bits per heavy atom. The van der Waals surface area contributed by atoms with Gasteiger partial charge in [0.2, 0.25) is 0 Å². The number of hydrogen-bond donors (Lipinski definition) is 2. The number of hydrogen-bond acceptors (Lipinski definition) is 2. The number of benzene rings is 1. The first kappa shape index (κ1) is 17.8. The first-order valence-corrected chi connectivity index (χ1v) is 8.71. The van der Waals surface area contributed by atoms with Crippen LogP contribution in [0.25, 0.3) is 0 Å². The second-order valence-electron chi connectivity index (χ2n) is 6.60. The van der Waals surface area contributed by atoms with Crippen molar-refractivity contribution in [1.82, 2.24) is 10.6 Å². The van der Waals surface area contributed by atoms with E-state index in [1.807, 2.05) is 7.05 Å². The summed E-state index contributed by atoms with van der Waals surface area (Å²) in [5, 5.41) is 7.00. The Bertz CT molecular complexity index is 523. The smallest absolute Gasteiger partial charge is 0.191 e. The molecule has 0 saturated heterocycles. The topological polar surface area (TPSA) is 45.6 Å². The zero-order valence-corrected chi connectivity index (χ0v) is 15.0. The van der Waals surface area contributed by atoms with Crippen LogP contribution in [-0.4, -0.2) is 32.8 Å². The van der Waals surface area contributed by atoms with E-state index in [9.17, 15) is 0 Å². The van der Waals surface area contributed by atoms with E-state index >= 15 is 0 Å². The van der Waals surface area contributed by atoms with Gasteiger partial charge in [0.05, 0.1) is 6.04 Å². The third-order valence-corrected chi connectivity index (χ3v) is 4.80. The van der Waals surface area contributed by atoms with Crippen molar-refractivity contribution in [1.29, 1.82) is 0 Å². The molecule has 1 aliphatic carbocycles. The van der Waals surface area contributed by atoms with Crippen LogP contribution in [0.4, 0.5) is 0 Å². The van der Waals surface area contributed by atoms with Crippen molar-refractivity contribution in [2.45, 2.75) is 46.1 Å². The average molecular weight is 317 g/mol. The maximum atomic E-state index is 5.50. The normalized spacial score (nSPS) is 17.7. The van der Waals surface area contributed by atoms with Gasteiger partial charge >= 0.3 is 0 Å². The van der Waals surface area contributed by atoms with Crippen molar-refractivity contribution in [3.05, 3.63) is 35.4 Å². The summed E-state index contributed by atoms with van der Waals surface area (Å²) in [6.07, 6.45) is 3.72. The van der Waals surface area contributed by atoms with Gasteiger partial charge in [-0.05, 0) is 56.6 Å². The molecule has 1 aromatic carbocycles. The van der Waals surface area contributed by atoms with Gasteiger partial charge in [-0.2, -0.15) is 0 Å². The molecule has 0 heterocycles. The molecule has 0 bridgehead atoms. The monoisotopic (exact) mass is 317 g/mol. The molecule has 1 atom stereocenters. The highest BCUT2D eigenvalue weighted by atomic mass is 16.5. The van der Waals surface area contributed by atoms with E-state index in [1.54, 1.807) is 0 Å². The van der Waals surface area contributed by atoms with Crippen molar-refractivity contribution in [2.24, 2.45) is 10.4 Å². The number of ether oxygens (including phenoxy) is 1. The van der Waals surface area contributed by atoms with Crippen molar-refractivity contribution in [3.8, 4) is 0 Å². The first-order valence-electron chi connectivity index (χ1n) is 8.71. The number of nitrogens with one attached hydrogen (secondary N) is 2. The lowest BCUT2D eigenvalue weighted by molar-refractivity contribution is 0.128. The summed E-state index contributed by atoms with van der Waals surface area (Å²) in [6, 6.07) is 8.72. The van der Waals surface area contributed by atoms with Crippen LogP contribution in [0.5, 0.6) is 0 Å². The highest BCUT2D eigenvalue weighted by Crippen LogP contribution is 2.48. The Labute approximate surface area is 140 Å². The van der Waals surface area contributed by atoms with Gasteiger partial charge < -0.3 is 15.4 Å². The molecule has 2 N–H and O–H groups in total. The minimum absolute atomic E-state index is 0.237. The fourth-order valence-corrected chi connectivity index (χ4v) is 2.95. The van der Waals surface area contributed by atoms with E-state index in [2.05, 4.69) is 60.7 Å². The standard InChI is InChI=1S/C19H31N3O/c1-5-23-13-12-19(10-11-19)14-21-18(20-4)22-16(3)17-9-7-6-8-15(17)2/h6-9,16H,5,10-14H2,1-4H3,(H2,20,21,22). The zero-order valence-electron chi connectivity index (χ0n) is 15.0. The van der Waals surface area contributed by atoms with Crippen molar-refractivity contribution >= 4 is 5.96 Å². The molecule has 1 fully saturated rings. The molecule has 0 amide bonds. The third kappa shape index (κ3) is 5.24. The number of nitrogens with zero attached hydrogens (tertiary/aromatic N) is 1. The van der Waals surface area contributed by atoms with Gasteiger partial charge in [0.25, 0.3) is 0 Å². The second kappa shape index (κ2) is 8.34. The fraction of sp³-hybridized carbons (Fsp3) is 0.632. The Kier molecular flexibility index (Phi) is 6.46. The largest absolute Gasteiger partial charge is 0.382 e. The van der Waals surface area contributed by atoms with Crippen LogP contribution >= 0.6 is 0 Å². The number of aliphatic imine (C=N–C) groups is 1. The van der Waals surface area contributed by atoms with Crippen LogP contribution in [0.2, 0.25) is 0 Å². The molecule has 23 heavy (non-hydrogen) atoms. The molecule has 1 aromatic rings. The summed E-state index contributed by atoms with van der Waals surface area (Å²) in [4.78, 5) is 4.37. The molecule has 1 unspecified atom stereocenters. The van der Waals surface area contributed by atoms with Crippen LogP contribution in [0.15, 0.2) is 29.3 Å². The summed E-state index contributed by atoms with van der Waals surface area (Å²) in [5.41, 5.74) is 3.03. The quantitative estimate of drug-likeness (QED) is 0.439. The second-order valence-corrected chi connectivity index (χ2v) is 6.60. The van der Waals surface area contributed by atoms with Crippen LogP contribution in [0, 0.1) is 12.3 Å².